The van der Waals surface area contributed by atoms with Gasteiger partial charge in [-0.15, -0.1) is 13.2 Å². The van der Waals surface area contributed by atoms with E-state index in [0.717, 1.165) is 16.7 Å². The Balaban J connectivity index is 0.000000686. The molecule has 90 valence electrons. The number of methoxy groups -OCH3 is 2. The molecule has 0 radical (unpaired) electrons. The second-order valence-corrected chi connectivity index (χ2v) is 3.41. The molecular weight excluding hydrogens is 212 g/mol. The van der Waals surface area contributed by atoms with Crippen molar-refractivity contribution >= 4 is 10.8 Å². The molecule has 2 aromatic carbocycles. The Labute approximate surface area is 102 Å². The first-order valence-electron chi connectivity index (χ1n) is 5.40. The van der Waals surface area contributed by atoms with Gasteiger partial charge in [0.2, 0.25) is 0 Å². The summed E-state index contributed by atoms with van der Waals surface area (Å²) in [7, 11) is 3.38. The van der Waals surface area contributed by atoms with Crippen molar-refractivity contribution in [1.29, 1.82) is 0 Å². The lowest BCUT2D eigenvalue weighted by molar-refractivity contribution is 0.182. The molecule has 0 atom stereocenters. The van der Waals surface area contributed by atoms with E-state index in [1.54, 1.807) is 14.2 Å². The molecule has 0 saturated heterocycles. The predicted molar refractivity (Wildman–Crippen MR) is 72.5 cm³/mol. The average molecular weight is 230 g/mol. The molecule has 0 heterocycles. The molecule has 0 aliphatic heterocycles. The monoisotopic (exact) mass is 230 g/mol. The van der Waals surface area contributed by atoms with Crippen molar-refractivity contribution in [3.8, 4) is 5.75 Å². The van der Waals surface area contributed by atoms with E-state index >= 15 is 0 Å². The second kappa shape index (κ2) is 6.71. The summed E-state index contributed by atoms with van der Waals surface area (Å²) in [5.41, 5.74) is 1.08. The number of rotatable bonds is 3. The topological polar surface area (TPSA) is 18.5 Å². The minimum atomic E-state index is 0.577. The van der Waals surface area contributed by atoms with Crippen LogP contribution in [0, 0.1) is 0 Å². The minimum absolute atomic E-state index is 0.577. The fourth-order valence-corrected chi connectivity index (χ4v) is 1.80. The zero-order chi connectivity index (χ0) is 12.7. The first-order valence-corrected chi connectivity index (χ1v) is 5.40. The Bertz CT molecular complexity index is 477. The molecule has 2 heteroatoms. The van der Waals surface area contributed by atoms with Gasteiger partial charge in [0.25, 0.3) is 0 Å². The van der Waals surface area contributed by atoms with E-state index in [2.05, 4.69) is 31.4 Å². The van der Waals surface area contributed by atoms with Gasteiger partial charge >= 0.3 is 0 Å². The van der Waals surface area contributed by atoms with Crippen LogP contribution >= 0.6 is 0 Å². The molecule has 17 heavy (non-hydrogen) atoms. The Morgan fingerprint density at radius 1 is 1.00 bits per heavy atom. The quantitative estimate of drug-likeness (QED) is 0.747. The highest BCUT2D eigenvalue weighted by atomic mass is 16.5. The van der Waals surface area contributed by atoms with E-state index in [0.29, 0.717) is 6.61 Å². The van der Waals surface area contributed by atoms with Gasteiger partial charge in [0.05, 0.1) is 13.7 Å². The summed E-state index contributed by atoms with van der Waals surface area (Å²) in [6.07, 6.45) is 0. The van der Waals surface area contributed by atoms with Gasteiger partial charge in [0.1, 0.15) is 5.75 Å². The molecule has 0 amide bonds. The molecular formula is C15H18O2. The van der Waals surface area contributed by atoms with Gasteiger partial charge in [-0.2, -0.15) is 0 Å². The van der Waals surface area contributed by atoms with Crippen molar-refractivity contribution in [2.45, 2.75) is 6.61 Å². The van der Waals surface area contributed by atoms with Crippen LogP contribution in [0.1, 0.15) is 5.56 Å². The van der Waals surface area contributed by atoms with Crippen molar-refractivity contribution in [2.24, 2.45) is 0 Å². The molecule has 2 nitrogen and oxygen atoms in total. The van der Waals surface area contributed by atoms with Crippen LogP contribution in [0.5, 0.6) is 5.75 Å². The molecule has 0 saturated carbocycles. The van der Waals surface area contributed by atoms with Crippen LogP contribution in [0.2, 0.25) is 0 Å². The molecule has 2 aromatic rings. The van der Waals surface area contributed by atoms with Crippen LogP contribution in [0.25, 0.3) is 10.8 Å². The normalized spacial score (nSPS) is 9.53. The predicted octanol–water partition coefficient (Wildman–Crippen LogP) is 3.80. The van der Waals surface area contributed by atoms with Gasteiger partial charge in [-0.25, -0.2) is 0 Å². The van der Waals surface area contributed by atoms with Crippen molar-refractivity contribution in [1.82, 2.24) is 0 Å². The van der Waals surface area contributed by atoms with E-state index in [4.69, 9.17) is 9.47 Å². The van der Waals surface area contributed by atoms with Gasteiger partial charge in [0, 0.05) is 18.1 Å². The number of hydrogen-bond acceptors (Lipinski definition) is 2. The van der Waals surface area contributed by atoms with Crippen LogP contribution < -0.4 is 4.74 Å². The standard InChI is InChI=1S/C13H14O2.C2H4/c1-14-9-11-8-7-10-5-3-4-6-12(10)13(11)15-2;1-2/h3-8H,9H2,1-2H3;1-2H2. The molecule has 0 spiro atoms. The van der Waals surface area contributed by atoms with Crippen LogP contribution in [0.3, 0.4) is 0 Å². The van der Waals surface area contributed by atoms with Gasteiger partial charge in [-0.05, 0) is 5.39 Å². The van der Waals surface area contributed by atoms with Crippen LogP contribution in [-0.2, 0) is 11.3 Å². The summed E-state index contributed by atoms with van der Waals surface area (Å²) in [4.78, 5) is 0. The third kappa shape index (κ3) is 2.86. The lowest BCUT2D eigenvalue weighted by atomic mass is 10.1. The summed E-state index contributed by atoms with van der Waals surface area (Å²) < 4.78 is 10.6. The van der Waals surface area contributed by atoms with Crippen LogP contribution in [0.4, 0.5) is 0 Å². The summed E-state index contributed by atoms with van der Waals surface area (Å²) in [6, 6.07) is 12.3. The SMILES string of the molecule is C=C.COCc1ccc2ccccc2c1OC. The molecule has 0 aliphatic carbocycles. The van der Waals surface area contributed by atoms with E-state index in [9.17, 15) is 0 Å². The lowest BCUT2D eigenvalue weighted by Gasteiger charge is -2.10. The molecule has 0 unspecified atom stereocenters. The highest BCUT2D eigenvalue weighted by Crippen LogP contribution is 2.29. The second-order valence-electron chi connectivity index (χ2n) is 3.41. The largest absolute Gasteiger partial charge is 0.496 e. The Kier molecular flexibility index (Phi) is 5.24. The van der Waals surface area contributed by atoms with Crippen molar-refractivity contribution in [3.05, 3.63) is 55.1 Å². The molecule has 2 rings (SSSR count). The number of hydrogen-bond donors (Lipinski definition) is 0. The van der Waals surface area contributed by atoms with E-state index in [-0.39, 0.29) is 0 Å². The highest BCUT2D eigenvalue weighted by Gasteiger charge is 2.06. The Morgan fingerprint density at radius 2 is 1.71 bits per heavy atom. The Morgan fingerprint density at radius 3 is 2.35 bits per heavy atom. The molecule has 0 aromatic heterocycles. The van der Waals surface area contributed by atoms with Gasteiger partial charge in [0.15, 0.2) is 0 Å². The maximum absolute atomic E-state index is 5.43. The van der Waals surface area contributed by atoms with Gasteiger partial charge in [-0.1, -0.05) is 36.4 Å². The molecule has 0 aliphatic rings. The van der Waals surface area contributed by atoms with E-state index < -0.39 is 0 Å². The van der Waals surface area contributed by atoms with Gasteiger partial charge in [-0.3, -0.25) is 0 Å². The third-order valence-corrected chi connectivity index (χ3v) is 2.47. The maximum atomic E-state index is 5.43. The lowest BCUT2D eigenvalue weighted by Crippen LogP contribution is -1.94. The summed E-state index contributed by atoms with van der Waals surface area (Å²) in [5, 5.41) is 2.32. The fourth-order valence-electron chi connectivity index (χ4n) is 1.80. The minimum Gasteiger partial charge on any atom is -0.496 e. The van der Waals surface area contributed by atoms with Crippen molar-refractivity contribution < 1.29 is 9.47 Å². The maximum Gasteiger partial charge on any atom is 0.132 e. The van der Waals surface area contributed by atoms with Crippen LogP contribution in [0.15, 0.2) is 49.6 Å². The summed E-state index contributed by atoms with van der Waals surface area (Å²) >= 11 is 0. The number of ether oxygens (including phenoxy) is 2. The third-order valence-electron chi connectivity index (χ3n) is 2.47. The van der Waals surface area contributed by atoms with Crippen LogP contribution in [-0.4, -0.2) is 14.2 Å². The zero-order valence-electron chi connectivity index (χ0n) is 10.4. The summed E-state index contributed by atoms with van der Waals surface area (Å²) in [5.74, 6) is 0.912. The highest BCUT2D eigenvalue weighted by molar-refractivity contribution is 5.89. The molecule has 0 fully saturated rings. The zero-order valence-corrected chi connectivity index (χ0v) is 10.4. The van der Waals surface area contributed by atoms with E-state index in [1.807, 2.05) is 18.2 Å². The average Bonchev–Trinajstić information content (AvgIpc) is 2.41. The number of benzene rings is 2. The van der Waals surface area contributed by atoms with Crippen molar-refractivity contribution in [2.75, 3.05) is 14.2 Å². The summed E-state index contributed by atoms with van der Waals surface area (Å²) in [6.45, 7) is 6.58. The van der Waals surface area contributed by atoms with E-state index in [1.165, 1.54) is 5.39 Å². The fraction of sp³-hybridized carbons (Fsp3) is 0.200. The Hall–Kier alpha value is -1.80. The van der Waals surface area contributed by atoms with Crippen molar-refractivity contribution in [3.63, 3.8) is 0 Å². The molecule has 0 bridgehead atoms. The first kappa shape index (κ1) is 13.3. The smallest absolute Gasteiger partial charge is 0.132 e. The molecule has 0 N–H and O–H groups in total. The van der Waals surface area contributed by atoms with Gasteiger partial charge < -0.3 is 9.47 Å². The number of fused-ring (bicyclic) bond motifs is 1. The first-order chi connectivity index (χ1) is 8.36.